The number of thioether (sulfide) groups is 1. The van der Waals surface area contributed by atoms with E-state index in [1.807, 2.05) is 31.2 Å². The van der Waals surface area contributed by atoms with E-state index in [0.717, 1.165) is 34.3 Å². The minimum atomic E-state index is -0.943. The zero-order valence-electron chi connectivity index (χ0n) is 14.7. The number of amides is 2. The van der Waals surface area contributed by atoms with E-state index in [0.29, 0.717) is 16.0 Å². The van der Waals surface area contributed by atoms with Gasteiger partial charge in [0, 0.05) is 18.7 Å². The Morgan fingerprint density at radius 2 is 2.04 bits per heavy atom. The maximum absolute atomic E-state index is 12.5. The highest BCUT2D eigenvalue weighted by Crippen LogP contribution is 2.30. The summed E-state index contributed by atoms with van der Waals surface area (Å²) in [7, 11) is 0. The monoisotopic (exact) mass is 406 g/mol. The Kier molecular flexibility index (Phi) is 5.76. The summed E-state index contributed by atoms with van der Waals surface area (Å²) < 4.78 is 0.462. The van der Waals surface area contributed by atoms with Gasteiger partial charge in [0.15, 0.2) is 4.34 Å². The number of carbonyl (C=O) groups excluding carboxylic acids is 2. The van der Waals surface area contributed by atoms with Crippen LogP contribution in [0.1, 0.15) is 18.9 Å². The summed E-state index contributed by atoms with van der Waals surface area (Å²) in [5.41, 5.74) is 1.88. The third kappa shape index (κ3) is 4.64. The summed E-state index contributed by atoms with van der Waals surface area (Å²) >= 11 is 2.17. The zero-order chi connectivity index (χ0) is 19.6. The van der Waals surface area contributed by atoms with Crippen LogP contribution < -0.4 is 10.2 Å². The average Bonchev–Trinajstić information content (AvgIpc) is 3.22. The number of aryl methyl sites for hydroxylation is 1. The fourth-order valence-corrected chi connectivity index (χ4v) is 4.41. The number of benzene rings is 1. The van der Waals surface area contributed by atoms with Gasteiger partial charge < -0.3 is 15.3 Å². The van der Waals surface area contributed by atoms with Crippen LogP contribution in [0.15, 0.2) is 28.6 Å². The van der Waals surface area contributed by atoms with Crippen molar-refractivity contribution < 1.29 is 19.5 Å². The number of nitrogens with zero attached hydrogens (tertiary/aromatic N) is 3. The number of hydrogen-bond donors (Lipinski definition) is 2. The van der Waals surface area contributed by atoms with Crippen molar-refractivity contribution in [2.24, 2.45) is 5.92 Å². The fourth-order valence-electron chi connectivity index (χ4n) is 2.57. The average molecular weight is 406 g/mol. The summed E-state index contributed by atoms with van der Waals surface area (Å²) in [4.78, 5) is 37.3. The Morgan fingerprint density at radius 3 is 2.70 bits per heavy atom. The van der Waals surface area contributed by atoms with Gasteiger partial charge in [-0.25, -0.2) is 0 Å². The molecule has 1 fully saturated rings. The predicted molar refractivity (Wildman–Crippen MR) is 103 cm³/mol. The molecule has 1 aromatic carbocycles. The molecule has 2 N–H and O–H groups in total. The molecule has 142 valence electrons. The summed E-state index contributed by atoms with van der Waals surface area (Å²) in [5, 5.41) is 19.0. The van der Waals surface area contributed by atoms with Gasteiger partial charge in [-0.2, -0.15) is 0 Å². The van der Waals surface area contributed by atoms with Gasteiger partial charge in [-0.15, -0.1) is 10.2 Å². The van der Waals surface area contributed by atoms with Crippen molar-refractivity contribution in [2.45, 2.75) is 29.9 Å². The van der Waals surface area contributed by atoms with Crippen LogP contribution in [0.2, 0.25) is 0 Å². The molecule has 2 heterocycles. The number of aliphatic carboxylic acids is 1. The van der Waals surface area contributed by atoms with Gasteiger partial charge in [-0.1, -0.05) is 40.8 Å². The van der Waals surface area contributed by atoms with E-state index in [4.69, 9.17) is 5.11 Å². The molecular weight excluding hydrogens is 388 g/mol. The van der Waals surface area contributed by atoms with E-state index in [1.165, 1.54) is 0 Å². The molecule has 0 bridgehead atoms. The number of aromatic nitrogens is 2. The standard InChI is InChI=1S/C17H18N4O4S2/c1-9-3-5-12(6-4-9)21-8-11(7-13(21)22)14(23)18-16-19-20-17(27-16)26-10(2)15(24)25/h3-6,10-11H,7-8H2,1-2H3,(H,24,25)(H,18,19,23)/t10-,11-/m1/s1. The van der Waals surface area contributed by atoms with Crippen molar-refractivity contribution in [1.82, 2.24) is 10.2 Å². The lowest BCUT2D eigenvalue weighted by atomic mass is 10.1. The van der Waals surface area contributed by atoms with Crippen LogP contribution >= 0.6 is 23.1 Å². The largest absolute Gasteiger partial charge is 0.480 e. The van der Waals surface area contributed by atoms with Gasteiger partial charge in [0.2, 0.25) is 16.9 Å². The van der Waals surface area contributed by atoms with Crippen LogP contribution in [0.5, 0.6) is 0 Å². The quantitative estimate of drug-likeness (QED) is 0.559. The van der Waals surface area contributed by atoms with E-state index in [9.17, 15) is 14.4 Å². The lowest BCUT2D eigenvalue weighted by Gasteiger charge is -2.16. The Morgan fingerprint density at radius 1 is 1.33 bits per heavy atom. The van der Waals surface area contributed by atoms with E-state index in [1.54, 1.807) is 11.8 Å². The van der Waals surface area contributed by atoms with E-state index >= 15 is 0 Å². The Balaban J connectivity index is 1.60. The van der Waals surface area contributed by atoms with E-state index in [-0.39, 0.29) is 18.2 Å². The van der Waals surface area contributed by atoms with Gasteiger partial charge in [0.1, 0.15) is 5.25 Å². The molecule has 2 atom stereocenters. The Labute approximate surface area is 164 Å². The Hall–Kier alpha value is -2.46. The lowest BCUT2D eigenvalue weighted by Crippen LogP contribution is -2.28. The van der Waals surface area contributed by atoms with Crippen molar-refractivity contribution in [2.75, 3.05) is 16.8 Å². The maximum atomic E-state index is 12.5. The van der Waals surface area contributed by atoms with Gasteiger partial charge in [-0.3, -0.25) is 14.4 Å². The summed E-state index contributed by atoms with van der Waals surface area (Å²) in [5.74, 6) is -1.81. The molecule has 3 rings (SSSR count). The number of hydrogen-bond acceptors (Lipinski definition) is 7. The molecule has 0 spiro atoms. The normalized spacial score (nSPS) is 17.8. The van der Waals surface area contributed by atoms with Gasteiger partial charge in [-0.05, 0) is 26.0 Å². The number of carbonyl (C=O) groups is 3. The first-order valence-electron chi connectivity index (χ1n) is 8.24. The van der Waals surface area contributed by atoms with Gasteiger partial charge in [0.05, 0.1) is 5.92 Å². The van der Waals surface area contributed by atoms with Crippen molar-refractivity contribution in [3.8, 4) is 0 Å². The second kappa shape index (κ2) is 8.05. The molecule has 0 radical (unpaired) electrons. The molecule has 2 amide bonds. The first kappa shape index (κ1) is 19.3. The van der Waals surface area contributed by atoms with Crippen LogP contribution in [0.25, 0.3) is 0 Å². The van der Waals surface area contributed by atoms with E-state index < -0.39 is 17.1 Å². The minimum absolute atomic E-state index is 0.0946. The summed E-state index contributed by atoms with van der Waals surface area (Å²) in [6.45, 7) is 3.83. The lowest BCUT2D eigenvalue weighted by molar-refractivity contribution is -0.136. The second-order valence-electron chi connectivity index (χ2n) is 6.20. The second-order valence-corrected chi connectivity index (χ2v) is 8.77. The first-order valence-corrected chi connectivity index (χ1v) is 9.94. The molecule has 0 aliphatic carbocycles. The molecule has 0 unspecified atom stereocenters. The molecule has 2 aromatic rings. The Bertz CT molecular complexity index is 868. The predicted octanol–water partition coefficient (Wildman–Crippen LogP) is 2.40. The van der Waals surface area contributed by atoms with Crippen molar-refractivity contribution in [3.63, 3.8) is 0 Å². The molecule has 1 aromatic heterocycles. The van der Waals surface area contributed by atoms with Crippen LogP contribution in [-0.4, -0.2) is 44.9 Å². The van der Waals surface area contributed by atoms with Crippen molar-refractivity contribution >= 4 is 51.7 Å². The third-order valence-electron chi connectivity index (χ3n) is 4.10. The zero-order valence-corrected chi connectivity index (χ0v) is 16.3. The minimum Gasteiger partial charge on any atom is -0.480 e. The van der Waals surface area contributed by atoms with Crippen molar-refractivity contribution in [3.05, 3.63) is 29.8 Å². The van der Waals surface area contributed by atoms with Crippen LogP contribution in [-0.2, 0) is 14.4 Å². The number of nitrogens with one attached hydrogen (secondary N) is 1. The topological polar surface area (TPSA) is 112 Å². The highest BCUT2D eigenvalue weighted by atomic mass is 32.2. The number of carboxylic acids is 1. The number of rotatable bonds is 6. The summed E-state index contributed by atoms with van der Waals surface area (Å²) in [6, 6.07) is 7.58. The SMILES string of the molecule is Cc1ccc(N2C[C@H](C(=O)Nc3nnc(S[C@H](C)C(=O)O)s3)CC2=O)cc1. The smallest absolute Gasteiger partial charge is 0.316 e. The highest BCUT2D eigenvalue weighted by Gasteiger charge is 2.35. The first-order chi connectivity index (χ1) is 12.8. The highest BCUT2D eigenvalue weighted by molar-refractivity contribution is 8.02. The van der Waals surface area contributed by atoms with Crippen LogP contribution in [0, 0.1) is 12.8 Å². The third-order valence-corrected chi connectivity index (χ3v) is 6.11. The maximum Gasteiger partial charge on any atom is 0.316 e. The van der Waals surface area contributed by atoms with Gasteiger partial charge >= 0.3 is 5.97 Å². The molecular formula is C17H18N4O4S2. The molecule has 1 aliphatic heterocycles. The molecule has 1 aliphatic rings. The van der Waals surface area contributed by atoms with Gasteiger partial charge in [0.25, 0.3) is 0 Å². The van der Waals surface area contributed by atoms with Crippen LogP contribution in [0.3, 0.4) is 0 Å². The molecule has 10 heteroatoms. The molecule has 0 saturated carbocycles. The molecule has 8 nitrogen and oxygen atoms in total. The number of carboxylic acid groups (broad SMARTS) is 1. The number of anilines is 2. The fraction of sp³-hybridized carbons (Fsp3) is 0.353. The molecule has 27 heavy (non-hydrogen) atoms. The van der Waals surface area contributed by atoms with Crippen molar-refractivity contribution in [1.29, 1.82) is 0 Å². The summed E-state index contributed by atoms with van der Waals surface area (Å²) in [6.07, 6.45) is 0.135. The molecule has 1 saturated heterocycles. The van der Waals surface area contributed by atoms with Crippen LogP contribution in [0.4, 0.5) is 10.8 Å². The van der Waals surface area contributed by atoms with E-state index in [2.05, 4.69) is 15.5 Å².